The van der Waals surface area contributed by atoms with Crippen molar-refractivity contribution in [2.45, 2.75) is 51.5 Å². The van der Waals surface area contributed by atoms with Crippen LogP contribution in [0.25, 0.3) is 11.1 Å². The van der Waals surface area contributed by atoms with Crippen LogP contribution in [0.15, 0.2) is 65.5 Å². The first-order chi connectivity index (χ1) is 17.8. The molecule has 7 heteroatoms. The highest BCUT2D eigenvalue weighted by Crippen LogP contribution is 2.36. The summed E-state index contributed by atoms with van der Waals surface area (Å²) in [6, 6.07) is 15.2. The number of amides is 1. The highest BCUT2D eigenvalue weighted by atomic mass is 16.5. The molecule has 37 heavy (non-hydrogen) atoms. The minimum Gasteiger partial charge on any atom is -0.507 e. The van der Waals surface area contributed by atoms with Gasteiger partial charge in [0.2, 0.25) is 0 Å². The van der Waals surface area contributed by atoms with E-state index in [2.05, 4.69) is 30.5 Å². The minimum atomic E-state index is -0.198. The molecular weight excluding hydrogens is 468 g/mol. The van der Waals surface area contributed by atoms with Gasteiger partial charge in [-0.05, 0) is 60.2 Å². The molecule has 0 fully saturated rings. The van der Waals surface area contributed by atoms with E-state index in [-0.39, 0.29) is 29.5 Å². The number of rotatable bonds is 15. The molecule has 1 amide bonds. The van der Waals surface area contributed by atoms with Gasteiger partial charge in [0.05, 0.1) is 18.4 Å². The van der Waals surface area contributed by atoms with Crippen molar-refractivity contribution in [3.63, 3.8) is 0 Å². The molecule has 0 aliphatic carbocycles. The summed E-state index contributed by atoms with van der Waals surface area (Å²) in [5, 5.41) is 16.7. The lowest BCUT2D eigenvalue weighted by Crippen LogP contribution is -2.22. The fourth-order valence-electron chi connectivity index (χ4n) is 4.19. The zero-order valence-electron chi connectivity index (χ0n) is 22.0. The van der Waals surface area contributed by atoms with Gasteiger partial charge in [-0.2, -0.15) is 0 Å². The van der Waals surface area contributed by atoms with Crippen LogP contribution in [-0.2, 0) is 21.5 Å². The molecule has 2 aromatic carbocycles. The van der Waals surface area contributed by atoms with Gasteiger partial charge >= 0.3 is 0 Å². The number of carbonyl (C=O) groups is 2. The van der Waals surface area contributed by atoms with Crippen molar-refractivity contribution in [1.29, 1.82) is 0 Å². The summed E-state index contributed by atoms with van der Waals surface area (Å²) in [6.45, 7) is 6.15. The predicted molar refractivity (Wildman–Crippen MR) is 145 cm³/mol. The lowest BCUT2D eigenvalue weighted by atomic mass is 9.79. The Morgan fingerprint density at radius 2 is 1.92 bits per heavy atom. The maximum Gasteiger partial charge on any atom is 0.254 e. The largest absolute Gasteiger partial charge is 0.507 e. The fourth-order valence-corrected chi connectivity index (χ4v) is 4.19. The average molecular weight is 507 g/mol. The van der Waals surface area contributed by atoms with E-state index in [9.17, 15) is 14.7 Å². The number of hydrogen-bond donors (Lipinski definition) is 3. The van der Waals surface area contributed by atoms with Gasteiger partial charge in [-0.25, -0.2) is 0 Å². The molecule has 0 aliphatic rings. The maximum absolute atomic E-state index is 12.2. The third kappa shape index (κ3) is 8.58. The maximum atomic E-state index is 12.2. The molecule has 7 nitrogen and oxygen atoms in total. The number of phenols is 1. The quantitative estimate of drug-likeness (QED) is 0.244. The number of hydrogen-bond acceptors (Lipinski definition) is 6. The van der Waals surface area contributed by atoms with Crippen molar-refractivity contribution in [2.24, 2.45) is 0 Å². The lowest BCUT2D eigenvalue weighted by molar-refractivity contribution is -0.123. The molecule has 0 saturated heterocycles. The number of nitrogens with one attached hydrogen (secondary N) is 2. The van der Waals surface area contributed by atoms with E-state index in [0.717, 1.165) is 48.1 Å². The molecule has 1 aromatic heterocycles. The zero-order valence-corrected chi connectivity index (χ0v) is 22.0. The molecule has 0 unspecified atom stereocenters. The summed E-state index contributed by atoms with van der Waals surface area (Å²) >= 11 is 0. The highest BCUT2D eigenvalue weighted by Gasteiger charge is 2.22. The van der Waals surface area contributed by atoms with E-state index in [4.69, 9.17) is 9.15 Å². The predicted octanol–water partition coefficient (Wildman–Crippen LogP) is 5.23. The molecule has 0 saturated carbocycles. The summed E-state index contributed by atoms with van der Waals surface area (Å²) in [7, 11) is 1.85. The summed E-state index contributed by atoms with van der Waals surface area (Å²) < 4.78 is 10.3. The van der Waals surface area contributed by atoms with Crippen molar-refractivity contribution >= 4 is 11.7 Å². The van der Waals surface area contributed by atoms with Gasteiger partial charge in [0.1, 0.15) is 18.6 Å². The summed E-state index contributed by atoms with van der Waals surface area (Å²) in [6.07, 6.45) is 6.06. The molecular formula is C30H38N2O5. The monoisotopic (exact) mass is 506 g/mol. The van der Waals surface area contributed by atoms with Gasteiger partial charge in [0.25, 0.3) is 5.91 Å². The van der Waals surface area contributed by atoms with Crippen LogP contribution in [0.3, 0.4) is 0 Å². The van der Waals surface area contributed by atoms with Crippen molar-refractivity contribution in [2.75, 3.05) is 26.8 Å². The van der Waals surface area contributed by atoms with Crippen molar-refractivity contribution in [3.8, 4) is 16.9 Å². The van der Waals surface area contributed by atoms with Crippen LogP contribution in [0.1, 0.15) is 61.0 Å². The molecule has 0 bridgehead atoms. The summed E-state index contributed by atoms with van der Waals surface area (Å²) in [5.41, 5.74) is 3.95. The molecule has 3 aromatic rings. The van der Waals surface area contributed by atoms with Crippen LogP contribution in [0.4, 0.5) is 0 Å². The molecule has 3 rings (SSSR count). The molecule has 0 radical (unpaired) electrons. The van der Waals surface area contributed by atoms with Crippen LogP contribution in [0.5, 0.6) is 5.75 Å². The van der Waals surface area contributed by atoms with Crippen LogP contribution in [0, 0.1) is 0 Å². The van der Waals surface area contributed by atoms with Gasteiger partial charge < -0.3 is 24.9 Å². The SMILES string of the molecule is CNCCOCC(=O)CCCCC(C)(C)c1ccc(-c2cccc(CNC(=O)c3ccoc3)c2)c(O)c1. The van der Waals surface area contributed by atoms with E-state index < -0.39 is 0 Å². The topological polar surface area (TPSA) is 101 Å². The second-order valence-electron chi connectivity index (χ2n) is 9.91. The van der Waals surface area contributed by atoms with E-state index in [1.807, 2.05) is 43.4 Å². The normalized spacial score (nSPS) is 11.4. The zero-order chi connectivity index (χ0) is 26.7. The first-order valence-corrected chi connectivity index (χ1v) is 12.8. The van der Waals surface area contributed by atoms with E-state index in [0.29, 0.717) is 25.1 Å². The molecule has 3 N–H and O–H groups in total. The van der Waals surface area contributed by atoms with Crippen molar-refractivity contribution in [1.82, 2.24) is 10.6 Å². The van der Waals surface area contributed by atoms with Gasteiger partial charge in [0, 0.05) is 25.1 Å². The Labute approximate surface area is 219 Å². The fraction of sp³-hybridized carbons (Fsp3) is 0.400. The Morgan fingerprint density at radius 3 is 2.65 bits per heavy atom. The Balaban J connectivity index is 1.54. The molecule has 198 valence electrons. The number of phenolic OH excluding ortho intramolecular Hbond substituents is 1. The number of aromatic hydroxyl groups is 1. The number of likely N-dealkylation sites (N-methyl/N-ethyl adjacent to an activating group) is 1. The second kappa shape index (κ2) is 13.8. The van der Waals surface area contributed by atoms with Crippen LogP contribution in [-0.4, -0.2) is 43.6 Å². The summed E-state index contributed by atoms with van der Waals surface area (Å²) in [4.78, 5) is 24.1. The van der Waals surface area contributed by atoms with E-state index >= 15 is 0 Å². The van der Waals surface area contributed by atoms with Gasteiger partial charge in [-0.3, -0.25) is 9.59 Å². The minimum absolute atomic E-state index is 0.137. The van der Waals surface area contributed by atoms with Crippen LogP contribution >= 0.6 is 0 Å². The molecule has 0 aliphatic heterocycles. The Hall–Kier alpha value is -3.42. The Bertz CT molecular complexity index is 1150. The summed E-state index contributed by atoms with van der Waals surface area (Å²) in [5.74, 6) is 0.161. The number of benzene rings is 2. The molecule has 0 spiro atoms. The first kappa shape index (κ1) is 28.2. The molecule has 1 heterocycles. The first-order valence-electron chi connectivity index (χ1n) is 12.8. The van der Waals surface area contributed by atoms with Gasteiger partial charge in [-0.1, -0.05) is 50.6 Å². The standard InChI is InChI=1S/C30H38N2O5/c1-30(2,13-5-4-9-26(33)21-37-16-14-31-3)25-10-11-27(28(34)18-25)23-8-6-7-22(17-23)19-32-29(35)24-12-15-36-20-24/h6-8,10-12,15,17-18,20,31,34H,4-5,9,13-14,16,19,21H2,1-3H3,(H,32,35). The lowest BCUT2D eigenvalue weighted by Gasteiger charge is -2.26. The number of ketones is 1. The van der Waals surface area contributed by atoms with Gasteiger partial charge in [-0.15, -0.1) is 0 Å². The van der Waals surface area contributed by atoms with Crippen LogP contribution < -0.4 is 10.6 Å². The van der Waals surface area contributed by atoms with Crippen molar-refractivity contribution < 1.29 is 23.8 Å². The Kier molecular flexibility index (Phi) is 10.5. The number of furan rings is 1. The number of Topliss-reactive ketones (excluding diaryl/α,β-unsaturated/α-hetero) is 1. The third-order valence-corrected chi connectivity index (χ3v) is 6.52. The highest BCUT2D eigenvalue weighted by molar-refractivity contribution is 5.93. The van der Waals surface area contributed by atoms with E-state index in [1.54, 1.807) is 6.07 Å². The van der Waals surface area contributed by atoms with Gasteiger partial charge in [0.15, 0.2) is 5.78 Å². The van der Waals surface area contributed by atoms with Crippen LogP contribution in [0.2, 0.25) is 0 Å². The Morgan fingerprint density at radius 1 is 1.08 bits per heavy atom. The number of unbranched alkanes of at least 4 members (excludes halogenated alkanes) is 1. The molecule has 0 atom stereocenters. The van der Waals surface area contributed by atoms with E-state index in [1.165, 1.54) is 12.5 Å². The number of ether oxygens (including phenoxy) is 1. The second-order valence-corrected chi connectivity index (χ2v) is 9.91. The average Bonchev–Trinajstić information content (AvgIpc) is 3.43. The van der Waals surface area contributed by atoms with Crippen molar-refractivity contribution in [3.05, 3.63) is 77.7 Å². The number of carbonyl (C=O) groups excluding carboxylic acids is 2. The third-order valence-electron chi connectivity index (χ3n) is 6.52. The smallest absolute Gasteiger partial charge is 0.254 e.